The van der Waals surface area contributed by atoms with Crippen LogP contribution in [0, 0.1) is 0 Å². The Morgan fingerprint density at radius 2 is 2.00 bits per heavy atom. The molecule has 0 bridgehead atoms. The zero-order chi connectivity index (χ0) is 4.99. The van der Waals surface area contributed by atoms with Crippen LogP contribution in [0.15, 0.2) is 0 Å². The maximum atomic E-state index is 4.97. The molecule has 0 heterocycles. The van der Waals surface area contributed by atoms with E-state index in [1.54, 1.807) is 7.11 Å². The molecule has 0 spiro atoms. The van der Waals surface area contributed by atoms with Crippen molar-refractivity contribution in [3.63, 3.8) is 0 Å². The SMILES string of the molecule is C[O][Sn][CH](C)C. The van der Waals surface area contributed by atoms with E-state index in [1.165, 1.54) is 0 Å². The molecule has 0 unspecified atom stereocenters. The van der Waals surface area contributed by atoms with Crippen LogP contribution in [-0.2, 0) is 3.07 Å². The zero-order valence-corrected chi connectivity index (χ0v) is 7.34. The molecule has 0 atom stereocenters. The molecule has 6 heavy (non-hydrogen) atoms. The molecule has 0 aromatic rings. The molecule has 0 aromatic carbocycles. The van der Waals surface area contributed by atoms with E-state index in [4.69, 9.17) is 3.07 Å². The second-order valence-electron chi connectivity index (χ2n) is 1.48. The molecule has 0 saturated carbocycles. The summed E-state index contributed by atoms with van der Waals surface area (Å²) in [7, 11) is 1.80. The van der Waals surface area contributed by atoms with Crippen LogP contribution in [0.5, 0.6) is 0 Å². The van der Waals surface area contributed by atoms with Gasteiger partial charge in [0.15, 0.2) is 0 Å². The third-order valence-corrected chi connectivity index (χ3v) is 2.37. The second-order valence-corrected chi connectivity index (χ2v) is 6.61. The van der Waals surface area contributed by atoms with Crippen molar-refractivity contribution in [3.8, 4) is 0 Å². The molecule has 0 saturated heterocycles. The van der Waals surface area contributed by atoms with Crippen molar-refractivity contribution < 1.29 is 3.07 Å². The summed E-state index contributed by atoms with van der Waals surface area (Å²) in [5.74, 6) is 0. The van der Waals surface area contributed by atoms with Gasteiger partial charge in [0.2, 0.25) is 0 Å². The van der Waals surface area contributed by atoms with Gasteiger partial charge < -0.3 is 0 Å². The van der Waals surface area contributed by atoms with Crippen molar-refractivity contribution in [2.24, 2.45) is 0 Å². The van der Waals surface area contributed by atoms with Gasteiger partial charge in [-0.15, -0.1) is 0 Å². The molecule has 0 aromatic heterocycles. The van der Waals surface area contributed by atoms with Crippen molar-refractivity contribution in [1.29, 1.82) is 0 Å². The molecule has 2 heteroatoms. The van der Waals surface area contributed by atoms with Crippen LogP contribution in [0.1, 0.15) is 13.8 Å². The van der Waals surface area contributed by atoms with E-state index in [-0.39, 0.29) is 21.6 Å². The summed E-state index contributed by atoms with van der Waals surface area (Å²) in [6.07, 6.45) is 0. The van der Waals surface area contributed by atoms with Crippen LogP contribution >= 0.6 is 0 Å². The maximum absolute atomic E-state index is 4.97. The predicted octanol–water partition coefficient (Wildman–Crippen LogP) is 1.08. The van der Waals surface area contributed by atoms with Gasteiger partial charge in [0.25, 0.3) is 0 Å². The van der Waals surface area contributed by atoms with Gasteiger partial charge in [-0.05, 0) is 0 Å². The van der Waals surface area contributed by atoms with Gasteiger partial charge in [0.1, 0.15) is 0 Å². The Morgan fingerprint density at radius 3 is 2.00 bits per heavy atom. The standard InChI is InChI=1S/C3H7.CH3O.Sn/c1-3-2;1-2;/h3H,1-2H3;1H3;/q;-1;+1. The molecule has 1 nitrogen and oxygen atoms in total. The quantitative estimate of drug-likeness (QED) is 0.596. The molecule has 0 amide bonds. The molecule has 36 valence electrons. The van der Waals surface area contributed by atoms with E-state index >= 15 is 0 Å². The molecule has 0 aliphatic rings. The minimum atomic E-state index is -0.372. The first-order chi connectivity index (χ1) is 2.77. The normalized spacial score (nSPS) is 10.0. The summed E-state index contributed by atoms with van der Waals surface area (Å²) in [5, 5.41) is 0. The average molecular weight is 193 g/mol. The minimum absolute atomic E-state index is 0.372. The molecule has 0 aliphatic heterocycles. The molecule has 0 aliphatic carbocycles. The van der Waals surface area contributed by atoms with E-state index in [1.807, 2.05) is 0 Å². The average Bonchev–Trinajstić information content (AvgIpc) is 1.35. The molecular formula is C4H10OSn. The zero-order valence-electron chi connectivity index (χ0n) is 4.49. The van der Waals surface area contributed by atoms with Crippen LogP contribution in [0.2, 0.25) is 3.93 Å². The number of hydrogen-bond acceptors (Lipinski definition) is 1. The summed E-state index contributed by atoms with van der Waals surface area (Å²) in [6.45, 7) is 4.41. The van der Waals surface area contributed by atoms with Crippen molar-refractivity contribution in [1.82, 2.24) is 0 Å². The van der Waals surface area contributed by atoms with E-state index in [0.29, 0.717) is 0 Å². The third-order valence-electron chi connectivity index (χ3n) is 0.354. The van der Waals surface area contributed by atoms with E-state index in [0.717, 1.165) is 3.93 Å². The molecule has 0 rings (SSSR count). The van der Waals surface area contributed by atoms with Gasteiger partial charge in [0, 0.05) is 0 Å². The van der Waals surface area contributed by atoms with Crippen LogP contribution in [0.4, 0.5) is 0 Å². The van der Waals surface area contributed by atoms with Crippen molar-refractivity contribution >= 4 is 21.6 Å². The number of hydrogen-bond donors (Lipinski definition) is 0. The van der Waals surface area contributed by atoms with Gasteiger partial charge >= 0.3 is 49.5 Å². The summed E-state index contributed by atoms with van der Waals surface area (Å²) in [5.41, 5.74) is 0. The Balaban J connectivity index is 2.63. The van der Waals surface area contributed by atoms with E-state index in [9.17, 15) is 0 Å². The fourth-order valence-corrected chi connectivity index (χ4v) is 1.58. The Labute approximate surface area is 49.8 Å². The van der Waals surface area contributed by atoms with Crippen molar-refractivity contribution in [2.75, 3.05) is 7.11 Å². The Morgan fingerprint density at radius 1 is 1.50 bits per heavy atom. The van der Waals surface area contributed by atoms with Crippen LogP contribution in [-0.4, -0.2) is 28.7 Å². The second kappa shape index (κ2) is 3.93. The third kappa shape index (κ3) is 4.76. The summed E-state index contributed by atoms with van der Waals surface area (Å²) in [4.78, 5) is 0. The van der Waals surface area contributed by atoms with Gasteiger partial charge in [-0.1, -0.05) is 0 Å². The van der Waals surface area contributed by atoms with Gasteiger partial charge in [-0.3, -0.25) is 0 Å². The Hall–Kier alpha value is 0.759. The fraction of sp³-hybridized carbons (Fsp3) is 1.00. The fourth-order valence-electron chi connectivity index (χ4n) is 0.236. The first kappa shape index (κ1) is 6.76. The Bertz CT molecular complexity index is 28.7. The summed E-state index contributed by atoms with van der Waals surface area (Å²) in [6, 6.07) is 0. The van der Waals surface area contributed by atoms with Crippen LogP contribution < -0.4 is 0 Å². The molecule has 0 N–H and O–H groups in total. The van der Waals surface area contributed by atoms with Crippen molar-refractivity contribution in [2.45, 2.75) is 17.8 Å². The van der Waals surface area contributed by atoms with Crippen molar-refractivity contribution in [3.05, 3.63) is 0 Å². The summed E-state index contributed by atoms with van der Waals surface area (Å²) < 4.78 is 5.82. The van der Waals surface area contributed by atoms with Gasteiger partial charge in [-0.2, -0.15) is 0 Å². The van der Waals surface area contributed by atoms with Gasteiger partial charge in [0.05, 0.1) is 0 Å². The first-order valence-corrected chi connectivity index (χ1v) is 4.87. The Kier molecular flexibility index (Phi) is 4.43. The summed E-state index contributed by atoms with van der Waals surface area (Å²) >= 11 is -0.372. The van der Waals surface area contributed by atoms with E-state index < -0.39 is 0 Å². The predicted molar refractivity (Wildman–Crippen MR) is 27.9 cm³/mol. The van der Waals surface area contributed by atoms with Gasteiger partial charge in [-0.25, -0.2) is 0 Å². The molecule has 2 radical (unpaired) electrons. The topological polar surface area (TPSA) is 9.23 Å². The van der Waals surface area contributed by atoms with Crippen LogP contribution in [0.25, 0.3) is 0 Å². The van der Waals surface area contributed by atoms with E-state index in [2.05, 4.69) is 13.8 Å². The first-order valence-electron chi connectivity index (χ1n) is 2.06. The molecule has 0 fully saturated rings. The number of rotatable bonds is 2. The van der Waals surface area contributed by atoms with Crippen LogP contribution in [0.3, 0.4) is 0 Å². The monoisotopic (exact) mass is 194 g/mol. The molecular weight excluding hydrogens is 183 g/mol.